The minimum Gasteiger partial charge on any atom is -0.309 e. The molecule has 3 aromatic heterocycles. The van der Waals surface area contributed by atoms with Crippen LogP contribution in [0.2, 0.25) is 0 Å². The second-order valence-electron chi connectivity index (χ2n) is 14.9. The average Bonchev–Trinajstić information content (AvgIpc) is 3.63. The van der Waals surface area contributed by atoms with Crippen molar-refractivity contribution in [3.8, 4) is 39.3 Å². The van der Waals surface area contributed by atoms with Crippen LogP contribution in [0.4, 0.5) is 0 Å². The molecular formula is C48H39N3. The van der Waals surface area contributed by atoms with Crippen LogP contribution >= 0.6 is 0 Å². The molecule has 0 atom stereocenters. The van der Waals surface area contributed by atoms with E-state index in [0.717, 1.165) is 60.3 Å². The predicted molar refractivity (Wildman–Crippen MR) is 211 cm³/mol. The molecule has 7 heterocycles. The third kappa shape index (κ3) is 4.86. The molecular weight excluding hydrogens is 619 g/mol. The second kappa shape index (κ2) is 11.6. The summed E-state index contributed by atoms with van der Waals surface area (Å²) in [6.45, 7) is 4.86. The summed E-state index contributed by atoms with van der Waals surface area (Å²) < 4.78 is 2.39. The molecule has 5 aliphatic rings. The number of hydrogen-bond acceptors (Lipinski definition) is 2. The van der Waals surface area contributed by atoms with E-state index in [0.29, 0.717) is 0 Å². The molecule has 3 heteroatoms. The number of rotatable bonds is 0. The van der Waals surface area contributed by atoms with Gasteiger partial charge in [-0.3, -0.25) is 9.97 Å². The number of pyridine rings is 2. The third-order valence-electron chi connectivity index (χ3n) is 11.5. The molecule has 3 nitrogen and oxygen atoms in total. The highest BCUT2D eigenvalue weighted by Crippen LogP contribution is 2.51. The van der Waals surface area contributed by atoms with E-state index in [1.807, 2.05) is 0 Å². The van der Waals surface area contributed by atoms with Gasteiger partial charge in [0.05, 0.1) is 22.4 Å². The summed E-state index contributed by atoms with van der Waals surface area (Å²) in [6, 6.07) is 47.1. The highest BCUT2D eigenvalue weighted by Gasteiger charge is 2.38. The summed E-state index contributed by atoms with van der Waals surface area (Å²) in [5, 5.41) is 2.49. The largest absolute Gasteiger partial charge is 0.309 e. The van der Waals surface area contributed by atoms with Crippen LogP contribution in [-0.4, -0.2) is 14.5 Å². The molecule has 0 saturated heterocycles. The van der Waals surface area contributed by atoms with Gasteiger partial charge in [-0.25, -0.2) is 0 Å². The lowest BCUT2D eigenvalue weighted by molar-refractivity contribution is 0.637. The van der Waals surface area contributed by atoms with E-state index < -0.39 is 0 Å². The first kappa shape index (κ1) is 30.1. The third-order valence-corrected chi connectivity index (χ3v) is 11.5. The monoisotopic (exact) mass is 657 g/mol. The fourth-order valence-corrected chi connectivity index (χ4v) is 9.13. The number of aryl methyl sites for hydroxylation is 4. The van der Waals surface area contributed by atoms with Crippen molar-refractivity contribution in [3.63, 3.8) is 0 Å². The maximum atomic E-state index is 5.02. The Balaban J connectivity index is 1.11. The lowest BCUT2D eigenvalue weighted by Gasteiger charge is -2.26. The van der Waals surface area contributed by atoms with Crippen LogP contribution in [-0.2, 0) is 31.1 Å². The first-order valence-electron chi connectivity index (χ1n) is 18.3. The molecule has 0 radical (unpaired) electrons. The highest BCUT2D eigenvalue weighted by atomic mass is 15.0. The molecule has 0 amide bonds. The van der Waals surface area contributed by atoms with Crippen molar-refractivity contribution in [3.05, 3.63) is 173 Å². The summed E-state index contributed by atoms with van der Waals surface area (Å²) >= 11 is 0. The number of fused-ring (bicyclic) bond motifs is 3. The van der Waals surface area contributed by atoms with Crippen molar-refractivity contribution in [2.24, 2.45) is 0 Å². The molecule has 8 aromatic rings. The summed E-state index contributed by atoms with van der Waals surface area (Å²) in [5.41, 5.74) is 19.0. The Kier molecular flexibility index (Phi) is 6.86. The molecule has 13 rings (SSSR count). The highest BCUT2D eigenvalue weighted by molar-refractivity contribution is 6.10. The standard InChI is InChI=1S/C48H39N3/c1-48(2)46-33-10-5-9-31-20-25-43(49-29-31)36-23-24-39-38-15-3-4-18-44(38)51(45(39)28-36)37-14-6-13-35(27-37)42-26-21-32(30-50-42)19-22-34-12-8-17-41(47(34)48)40(46)16-7-11-33/h3-4,6-8,11-18,20-21,23-30H,5,9-10,19,22H2,1-2H3. The molecule has 5 aromatic carbocycles. The van der Waals surface area contributed by atoms with Gasteiger partial charge < -0.3 is 4.57 Å². The van der Waals surface area contributed by atoms with E-state index in [-0.39, 0.29) is 5.41 Å². The zero-order valence-electron chi connectivity index (χ0n) is 29.2. The molecule has 10 bridgehead atoms. The van der Waals surface area contributed by atoms with E-state index in [2.05, 4.69) is 158 Å². The molecule has 51 heavy (non-hydrogen) atoms. The Morgan fingerprint density at radius 3 is 1.88 bits per heavy atom. The van der Waals surface area contributed by atoms with E-state index in [1.54, 1.807) is 0 Å². The molecule has 0 unspecified atom stereocenters. The van der Waals surface area contributed by atoms with Gasteiger partial charge in [0, 0.05) is 45.4 Å². The van der Waals surface area contributed by atoms with Crippen molar-refractivity contribution in [2.75, 3.05) is 0 Å². The second-order valence-corrected chi connectivity index (χ2v) is 14.9. The van der Waals surface area contributed by atoms with Crippen molar-refractivity contribution >= 4 is 21.8 Å². The number of para-hydroxylation sites is 1. The summed E-state index contributed by atoms with van der Waals surface area (Å²) in [4.78, 5) is 10.0. The zero-order chi connectivity index (χ0) is 34.1. The Bertz CT molecular complexity index is 2620. The minimum absolute atomic E-state index is 0.0498. The number of benzene rings is 5. The molecule has 1 aliphatic carbocycles. The molecule has 0 N–H and O–H groups in total. The lowest BCUT2D eigenvalue weighted by Crippen LogP contribution is -2.19. The Hall–Kier alpha value is -5.80. The van der Waals surface area contributed by atoms with E-state index in [9.17, 15) is 0 Å². The van der Waals surface area contributed by atoms with Gasteiger partial charge in [0.25, 0.3) is 0 Å². The van der Waals surface area contributed by atoms with Crippen LogP contribution in [0.15, 0.2) is 140 Å². The van der Waals surface area contributed by atoms with Gasteiger partial charge in [-0.1, -0.05) is 105 Å². The van der Waals surface area contributed by atoms with Crippen molar-refractivity contribution < 1.29 is 0 Å². The molecule has 4 aliphatic heterocycles. The SMILES string of the molecule is CC1(C)c2c3cccc2-c2cccc(c21)CCc1ccc(nc1)-c1cccc(c1)-n1c2ccccc2c2ccc(cc21)-c1ccc(cn1)CCC3. The fraction of sp³-hybridized carbons (Fsp3) is 0.167. The zero-order valence-corrected chi connectivity index (χ0v) is 29.2. The number of hydrogen-bond donors (Lipinski definition) is 0. The maximum Gasteiger partial charge on any atom is 0.0702 e. The van der Waals surface area contributed by atoms with Crippen LogP contribution < -0.4 is 0 Å². The quantitative estimate of drug-likeness (QED) is 0.162. The van der Waals surface area contributed by atoms with Crippen molar-refractivity contribution in [1.82, 2.24) is 14.5 Å². The molecule has 0 fully saturated rings. The first-order chi connectivity index (χ1) is 25.0. The maximum absolute atomic E-state index is 5.02. The van der Waals surface area contributed by atoms with Crippen LogP contribution in [0, 0.1) is 0 Å². The van der Waals surface area contributed by atoms with Crippen LogP contribution in [0.3, 0.4) is 0 Å². The van der Waals surface area contributed by atoms with Gasteiger partial charge >= 0.3 is 0 Å². The summed E-state index contributed by atoms with van der Waals surface area (Å²) in [7, 11) is 0. The predicted octanol–water partition coefficient (Wildman–Crippen LogP) is 11.5. The van der Waals surface area contributed by atoms with Crippen LogP contribution in [0.1, 0.15) is 53.6 Å². The number of nitrogens with zero attached hydrogens (tertiary/aromatic N) is 3. The summed E-state index contributed by atoms with van der Waals surface area (Å²) in [5.74, 6) is 0. The normalized spacial score (nSPS) is 14.6. The van der Waals surface area contributed by atoms with Gasteiger partial charge in [0.2, 0.25) is 0 Å². The average molecular weight is 658 g/mol. The molecule has 246 valence electrons. The summed E-state index contributed by atoms with van der Waals surface area (Å²) in [6.07, 6.45) is 9.26. The smallest absolute Gasteiger partial charge is 0.0702 e. The van der Waals surface area contributed by atoms with E-state index >= 15 is 0 Å². The Morgan fingerprint density at radius 1 is 0.510 bits per heavy atom. The molecule has 0 saturated carbocycles. The topological polar surface area (TPSA) is 30.7 Å². The van der Waals surface area contributed by atoms with Gasteiger partial charge in [0.15, 0.2) is 0 Å². The van der Waals surface area contributed by atoms with E-state index in [1.165, 1.54) is 66.3 Å². The van der Waals surface area contributed by atoms with Crippen molar-refractivity contribution in [1.29, 1.82) is 0 Å². The number of aromatic nitrogens is 3. The van der Waals surface area contributed by atoms with Gasteiger partial charge in [-0.2, -0.15) is 0 Å². The van der Waals surface area contributed by atoms with Gasteiger partial charge in [0.1, 0.15) is 0 Å². The van der Waals surface area contributed by atoms with Gasteiger partial charge in [-0.15, -0.1) is 0 Å². The first-order valence-corrected chi connectivity index (χ1v) is 18.3. The van der Waals surface area contributed by atoms with Gasteiger partial charge in [-0.05, 0) is 113 Å². The lowest BCUT2D eigenvalue weighted by atomic mass is 9.77. The van der Waals surface area contributed by atoms with Crippen LogP contribution in [0.5, 0.6) is 0 Å². The van der Waals surface area contributed by atoms with Crippen molar-refractivity contribution in [2.45, 2.75) is 51.4 Å². The Morgan fingerprint density at radius 2 is 1.16 bits per heavy atom. The van der Waals surface area contributed by atoms with E-state index in [4.69, 9.17) is 9.97 Å². The molecule has 0 spiro atoms. The Labute approximate surface area is 299 Å². The minimum atomic E-state index is -0.0498. The van der Waals surface area contributed by atoms with Crippen LogP contribution in [0.25, 0.3) is 61.1 Å². The fourth-order valence-electron chi connectivity index (χ4n) is 9.13.